The van der Waals surface area contributed by atoms with Gasteiger partial charge in [0.1, 0.15) is 11.6 Å². The smallest absolute Gasteiger partial charge is 0.262 e. The number of rotatable bonds is 4. The number of anilines is 1. The van der Waals surface area contributed by atoms with Crippen molar-refractivity contribution in [3.05, 3.63) is 59.4 Å². The van der Waals surface area contributed by atoms with Crippen molar-refractivity contribution in [3.8, 4) is 5.75 Å². The van der Waals surface area contributed by atoms with Crippen LogP contribution in [0.5, 0.6) is 5.75 Å². The van der Waals surface area contributed by atoms with Gasteiger partial charge in [0.2, 0.25) is 0 Å². The molecule has 0 heterocycles. The van der Waals surface area contributed by atoms with Gasteiger partial charge in [-0.05, 0) is 42.8 Å². The first kappa shape index (κ1) is 15.0. The van der Waals surface area contributed by atoms with Crippen LogP contribution in [0.3, 0.4) is 0 Å². The molecule has 5 heteroatoms. The Bertz CT molecular complexity index is 641. The standard InChI is InChI=1S/C16H17FN2O2/c1-2-19(13-6-3-11(10-18)4-7-13)16(21)14-9-12(17)5-8-15(14)20/h3-9,20H,2,10,18H2,1H3. The summed E-state index contributed by atoms with van der Waals surface area (Å²) < 4.78 is 13.3. The van der Waals surface area contributed by atoms with Crippen LogP contribution in [0.25, 0.3) is 0 Å². The largest absolute Gasteiger partial charge is 0.507 e. The molecule has 0 aliphatic heterocycles. The van der Waals surface area contributed by atoms with Crippen molar-refractivity contribution in [1.82, 2.24) is 0 Å². The molecular weight excluding hydrogens is 271 g/mol. The van der Waals surface area contributed by atoms with E-state index in [4.69, 9.17) is 5.73 Å². The molecule has 0 atom stereocenters. The minimum Gasteiger partial charge on any atom is -0.507 e. The molecule has 0 aliphatic rings. The predicted octanol–water partition coefficient (Wildman–Crippen LogP) is 2.66. The summed E-state index contributed by atoms with van der Waals surface area (Å²) in [6.07, 6.45) is 0. The van der Waals surface area contributed by atoms with E-state index in [9.17, 15) is 14.3 Å². The molecule has 0 unspecified atom stereocenters. The average Bonchev–Trinajstić information content (AvgIpc) is 2.51. The third-order valence-electron chi connectivity index (χ3n) is 3.23. The second-order valence-electron chi connectivity index (χ2n) is 4.58. The van der Waals surface area contributed by atoms with Gasteiger partial charge in [-0.1, -0.05) is 12.1 Å². The Morgan fingerprint density at radius 1 is 1.24 bits per heavy atom. The van der Waals surface area contributed by atoms with Gasteiger partial charge in [0.05, 0.1) is 5.56 Å². The number of phenols is 1. The Morgan fingerprint density at radius 3 is 2.48 bits per heavy atom. The molecular formula is C16H17FN2O2. The molecule has 2 aromatic carbocycles. The molecule has 0 fully saturated rings. The lowest BCUT2D eigenvalue weighted by Crippen LogP contribution is -2.30. The van der Waals surface area contributed by atoms with E-state index < -0.39 is 11.7 Å². The van der Waals surface area contributed by atoms with Crippen LogP contribution < -0.4 is 10.6 Å². The van der Waals surface area contributed by atoms with Gasteiger partial charge in [-0.25, -0.2) is 4.39 Å². The maximum atomic E-state index is 13.3. The second kappa shape index (κ2) is 6.37. The maximum Gasteiger partial charge on any atom is 0.262 e. The Hall–Kier alpha value is -2.40. The molecule has 0 bridgehead atoms. The summed E-state index contributed by atoms with van der Waals surface area (Å²) in [4.78, 5) is 13.9. The van der Waals surface area contributed by atoms with Crippen molar-refractivity contribution in [2.45, 2.75) is 13.5 Å². The normalized spacial score (nSPS) is 10.4. The number of benzene rings is 2. The molecule has 2 rings (SSSR count). The summed E-state index contributed by atoms with van der Waals surface area (Å²) in [6.45, 7) is 2.63. The number of carbonyl (C=O) groups excluding carboxylic acids is 1. The van der Waals surface area contributed by atoms with Crippen LogP contribution >= 0.6 is 0 Å². The molecule has 0 radical (unpaired) electrons. The number of hydrogen-bond donors (Lipinski definition) is 2. The first-order valence-corrected chi connectivity index (χ1v) is 6.66. The molecule has 4 nitrogen and oxygen atoms in total. The molecule has 110 valence electrons. The van der Waals surface area contributed by atoms with Gasteiger partial charge >= 0.3 is 0 Å². The van der Waals surface area contributed by atoms with Crippen LogP contribution in [0.2, 0.25) is 0 Å². The minimum atomic E-state index is -0.564. The number of carbonyl (C=O) groups is 1. The highest BCUT2D eigenvalue weighted by molar-refractivity contribution is 6.07. The fourth-order valence-corrected chi connectivity index (χ4v) is 2.08. The lowest BCUT2D eigenvalue weighted by Gasteiger charge is -2.22. The van der Waals surface area contributed by atoms with Crippen molar-refractivity contribution in [3.63, 3.8) is 0 Å². The summed E-state index contributed by atoms with van der Waals surface area (Å²) >= 11 is 0. The van der Waals surface area contributed by atoms with E-state index in [1.165, 1.54) is 11.0 Å². The molecule has 1 amide bonds. The number of amides is 1. The number of hydrogen-bond acceptors (Lipinski definition) is 3. The predicted molar refractivity (Wildman–Crippen MR) is 79.7 cm³/mol. The van der Waals surface area contributed by atoms with Gasteiger partial charge in [-0.15, -0.1) is 0 Å². The van der Waals surface area contributed by atoms with Crippen molar-refractivity contribution in [2.24, 2.45) is 5.73 Å². The molecule has 21 heavy (non-hydrogen) atoms. The summed E-state index contributed by atoms with van der Waals surface area (Å²) in [5, 5.41) is 9.75. The maximum absolute atomic E-state index is 13.3. The molecule has 0 saturated carbocycles. The highest BCUT2D eigenvalue weighted by Crippen LogP contribution is 2.23. The van der Waals surface area contributed by atoms with Gasteiger partial charge in [0, 0.05) is 18.8 Å². The van der Waals surface area contributed by atoms with Crippen molar-refractivity contribution in [1.29, 1.82) is 0 Å². The second-order valence-corrected chi connectivity index (χ2v) is 4.58. The Balaban J connectivity index is 2.35. The van der Waals surface area contributed by atoms with E-state index in [0.717, 1.165) is 17.7 Å². The summed E-state index contributed by atoms with van der Waals surface area (Å²) in [6, 6.07) is 10.5. The van der Waals surface area contributed by atoms with Crippen molar-refractivity contribution >= 4 is 11.6 Å². The highest BCUT2D eigenvalue weighted by Gasteiger charge is 2.19. The zero-order valence-electron chi connectivity index (χ0n) is 11.7. The fourth-order valence-electron chi connectivity index (χ4n) is 2.08. The van der Waals surface area contributed by atoms with Crippen LogP contribution in [0.1, 0.15) is 22.8 Å². The monoisotopic (exact) mass is 288 g/mol. The van der Waals surface area contributed by atoms with Crippen LogP contribution in [0.4, 0.5) is 10.1 Å². The average molecular weight is 288 g/mol. The lowest BCUT2D eigenvalue weighted by atomic mass is 10.1. The number of halogens is 1. The van der Waals surface area contributed by atoms with Crippen molar-refractivity contribution < 1.29 is 14.3 Å². The minimum absolute atomic E-state index is 0.0558. The first-order valence-electron chi connectivity index (χ1n) is 6.66. The fraction of sp³-hybridized carbons (Fsp3) is 0.188. The van der Waals surface area contributed by atoms with Crippen LogP contribution in [-0.2, 0) is 6.54 Å². The third kappa shape index (κ3) is 3.20. The Labute approximate surface area is 122 Å². The molecule has 2 aromatic rings. The van der Waals surface area contributed by atoms with Gasteiger partial charge in [-0.2, -0.15) is 0 Å². The Kier molecular flexibility index (Phi) is 4.55. The summed E-state index contributed by atoms with van der Waals surface area (Å²) in [5.41, 5.74) is 7.11. The summed E-state index contributed by atoms with van der Waals surface area (Å²) in [5.74, 6) is -1.25. The molecule has 3 N–H and O–H groups in total. The van der Waals surface area contributed by atoms with Crippen LogP contribution in [-0.4, -0.2) is 17.6 Å². The topological polar surface area (TPSA) is 66.6 Å². The lowest BCUT2D eigenvalue weighted by molar-refractivity contribution is 0.0985. The SMILES string of the molecule is CCN(C(=O)c1cc(F)ccc1O)c1ccc(CN)cc1. The first-order chi connectivity index (χ1) is 10.1. The number of phenolic OH excluding ortho intramolecular Hbond substituents is 1. The van der Waals surface area contributed by atoms with Gasteiger partial charge in [-0.3, -0.25) is 4.79 Å². The van der Waals surface area contributed by atoms with E-state index >= 15 is 0 Å². The third-order valence-corrected chi connectivity index (χ3v) is 3.23. The van der Waals surface area contributed by atoms with Crippen LogP contribution in [0, 0.1) is 5.82 Å². The zero-order valence-corrected chi connectivity index (χ0v) is 11.7. The number of nitrogens with two attached hydrogens (primary N) is 1. The number of nitrogens with zero attached hydrogens (tertiary/aromatic N) is 1. The van der Waals surface area contributed by atoms with Crippen molar-refractivity contribution in [2.75, 3.05) is 11.4 Å². The van der Waals surface area contributed by atoms with E-state index in [2.05, 4.69) is 0 Å². The van der Waals surface area contributed by atoms with Gasteiger partial charge in [0.15, 0.2) is 0 Å². The zero-order chi connectivity index (χ0) is 15.4. The Morgan fingerprint density at radius 2 is 1.90 bits per heavy atom. The van der Waals surface area contributed by atoms with E-state index in [1.807, 2.05) is 19.1 Å². The van der Waals surface area contributed by atoms with Gasteiger partial charge < -0.3 is 15.7 Å². The summed E-state index contributed by atoms with van der Waals surface area (Å²) in [7, 11) is 0. The number of aromatic hydroxyl groups is 1. The van der Waals surface area contributed by atoms with E-state index in [1.54, 1.807) is 12.1 Å². The van der Waals surface area contributed by atoms with Crippen LogP contribution in [0.15, 0.2) is 42.5 Å². The molecule has 0 aromatic heterocycles. The van der Waals surface area contributed by atoms with Gasteiger partial charge in [0.25, 0.3) is 5.91 Å². The highest BCUT2D eigenvalue weighted by atomic mass is 19.1. The molecule has 0 saturated heterocycles. The molecule has 0 spiro atoms. The van der Waals surface area contributed by atoms with E-state index in [-0.39, 0.29) is 11.3 Å². The van der Waals surface area contributed by atoms with E-state index in [0.29, 0.717) is 18.8 Å². The molecule has 0 aliphatic carbocycles. The quantitative estimate of drug-likeness (QED) is 0.909.